The monoisotopic (exact) mass is 419 g/mol. The van der Waals surface area contributed by atoms with Crippen molar-refractivity contribution >= 4 is 10.9 Å². The normalized spacial score (nSPS) is 15.0. The molecule has 0 amide bonds. The van der Waals surface area contributed by atoms with Gasteiger partial charge in [0.15, 0.2) is 17.4 Å². The van der Waals surface area contributed by atoms with E-state index in [1.807, 2.05) is 31.3 Å². The second kappa shape index (κ2) is 8.15. The average Bonchev–Trinajstić information content (AvgIpc) is 3.42. The Morgan fingerprint density at radius 1 is 1.13 bits per heavy atom. The van der Waals surface area contributed by atoms with Crippen molar-refractivity contribution in [2.45, 2.75) is 39.2 Å². The Balaban J connectivity index is 1.45. The van der Waals surface area contributed by atoms with E-state index in [4.69, 9.17) is 0 Å². The molecule has 0 radical (unpaired) electrons. The van der Waals surface area contributed by atoms with Crippen molar-refractivity contribution in [3.8, 4) is 28.4 Å². The molecule has 160 valence electrons. The van der Waals surface area contributed by atoms with Crippen LogP contribution >= 0.6 is 0 Å². The molecular weight excluding hydrogens is 393 g/mol. The lowest BCUT2D eigenvalue weighted by Crippen LogP contribution is -2.29. The van der Waals surface area contributed by atoms with Crippen LogP contribution < -0.4 is 0 Å². The Hall–Kier alpha value is -3.19. The molecule has 4 aromatic rings. The lowest BCUT2D eigenvalue weighted by atomic mass is 9.96. The van der Waals surface area contributed by atoms with Crippen molar-refractivity contribution in [2.24, 2.45) is 0 Å². The number of imidazole rings is 1. The zero-order valence-electron chi connectivity index (χ0n) is 17.6. The average molecular weight is 420 g/mol. The third-order valence-electron chi connectivity index (χ3n) is 6.12. The van der Waals surface area contributed by atoms with Gasteiger partial charge in [-0.3, -0.25) is 10.00 Å². The van der Waals surface area contributed by atoms with Gasteiger partial charge in [0, 0.05) is 17.6 Å². The number of aromatic nitrogens is 4. The van der Waals surface area contributed by atoms with E-state index in [2.05, 4.69) is 25.1 Å². The quantitative estimate of drug-likeness (QED) is 0.425. The number of hydrogen-bond donors (Lipinski definition) is 3. The van der Waals surface area contributed by atoms with Crippen molar-refractivity contribution < 1.29 is 9.50 Å². The van der Waals surface area contributed by atoms with Gasteiger partial charge in [0.25, 0.3) is 0 Å². The molecule has 0 unspecified atom stereocenters. The van der Waals surface area contributed by atoms with E-state index in [0.29, 0.717) is 6.42 Å². The standard InChI is InChI=1S/C24H26FN5O/c1-2-15-11-22(31)20(25)12-19(15)16-6-7-18-21(10-16)28-29-23(18)24-26-13-17(27-24)14-30-8-4-3-5-9-30/h6-7,10-13,31H,2-5,8-9,14H2,1H3,(H,26,27)(H,28,29). The van der Waals surface area contributed by atoms with E-state index >= 15 is 0 Å². The zero-order valence-corrected chi connectivity index (χ0v) is 17.6. The first-order chi connectivity index (χ1) is 15.1. The summed E-state index contributed by atoms with van der Waals surface area (Å²) in [7, 11) is 0. The van der Waals surface area contributed by atoms with Crippen LogP contribution in [0, 0.1) is 5.82 Å². The number of halogens is 1. The number of piperidine rings is 1. The third-order valence-corrected chi connectivity index (χ3v) is 6.12. The number of hydrogen-bond acceptors (Lipinski definition) is 4. The summed E-state index contributed by atoms with van der Waals surface area (Å²) in [5.41, 5.74) is 5.28. The van der Waals surface area contributed by atoms with Gasteiger partial charge >= 0.3 is 0 Å². The summed E-state index contributed by atoms with van der Waals surface area (Å²) >= 11 is 0. The van der Waals surface area contributed by atoms with Gasteiger partial charge in [0.05, 0.1) is 11.7 Å². The molecule has 0 bridgehead atoms. The minimum absolute atomic E-state index is 0.316. The Morgan fingerprint density at radius 2 is 1.97 bits per heavy atom. The topological polar surface area (TPSA) is 80.8 Å². The molecule has 7 heteroatoms. The van der Waals surface area contributed by atoms with Gasteiger partial charge in [0.2, 0.25) is 0 Å². The second-order valence-corrected chi connectivity index (χ2v) is 8.24. The molecule has 3 heterocycles. The van der Waals surface area contributed by atoms with Gasteiger partial charge in [-0.2, -0.15) is 5.10 Å². The number of aryl methyl sites for hydroxylation is 1. The molecule has 0 atom stereocenters. The van der Waals surface area contributed by atoms with Gasteiger partial charge in [-0.05, 0) is 73.3 Å². The SMILES string of the molecule is CCc1cc(O)c(F)cc1-c1ccc2c(-c3ncc(CN4CCCCC4)[nH]3)n[nH]c2c1. The Kier molecular flexibility index (Phi) is 5.19. The lowest BCUT2D eigenvalue weighted by Gasteiger charge is -2.25. The minimum Gasteiger partial charge on any atom is -0.505 e. The highest BCUT2D eigenvalue weighted by Gasteiger charge is 2.16. The van der Waals surface area contributed by atoms with Gasteiger partial charge in [-0.1, -0.05) is 19.4 Å². The summed E-state index contributed by atoms with van der Waals surface area (Å²) < 4.78 is 14.0. The smallest absolute Gasteiger partial charge is 0.165 e. The molecule has 5 rings (SSSR count). The number of likely N-dealkylation sites (tertiary alicyclic amines) is 1. The molecule has 1 fully saturated rings. The van der Waals surface area contributed by atoms with Crippen molar-refractivity contribution in [3.63, 3.8) is 0 Å². The summed E-state index contributed by atoms with van der Waals surface area (Å²) in [6.07, 6.45) is 6.44. The predicted octanol–water partition coefficient (Wildman–Crippen LogP) is 5.01. The third kappa shape index (κ3) is 3.81. The van der Waals surface area contributed by atoms with Crippen LogP contribution in [-0.4, -0.2) is 43.3 Å². The second-order valence-electron chi connectivity index (χ2n) is 8.24. The van der Waals surface area contributed by atoms with Gasteiger partial charge in [-0.15, -0.1) is 0 Å². The van der Waals surface area contributed by atoms with Crippen molar-refractivity contribution in [1.29, 1.82) is 0 Å². The summed E-state index contributed by atoms with van der Waals surface area (Å²) in [4.78, 5) is 10.4. The largest absolute Gasteiger partial charge is 0.505 e. The number of phenols is 1. The van der Waals surface area contributed by atoms with Crippen molar-refractivity contribution in [1.82, 2.24) is 25.1 Å². The van der Waals surface area contributed by atoms with Crippen LogP contribution in [0.15, 0.2) is 36.5 Å². The molecule has 3 N–H and O–H groups in total. The van der Waals surface area contributed by atoms with E-state index in [-0.39, 0.29) is 5.75 Å². The number of fused-ring (bicyclic) bond motifs is 1. The number of rotatable bonds is 5. The first-order valence-corrected chi connectivity index (χ1v) is 10.9. The predicted molar refractivity (Wildman–Crippen MR) is 119 cm³/mol. The molecule has 31 heavy (non-hydrogen) atoms. The Labute approximate surface area is 180 Å². The molecular formula is C24H26FN5O. The molecule has 0 saturated carbocycles. The van der Waals surface area contributed by atoms with Gasteiger partial charge in [-0.25, -0.2) is 9.37 Å². The summed E-state index contributed by atoms with van der Waals surface area (Å²) in [5, 5.41) is 18.2. The van der Waals surface area contributed by atoms with Crippen LogP contribution in [0.4, 0.5) is 4.39 Å². The molecule has 1 aliphatic heterocycles. The maximum Gasteiger partial charge on any atom is 0.165 e. The number of benzene rings is 2. The molecule has 6 nitrogen and oxygen atoms in total. The van der Waals surface area contributed by atoms with Crippen LogP contribution in [0.1, 0.15) is 37.4 Å². The Bertz CT molecular complexity index is 1220. The Morgan fingerprint density at radius 3 is 2.77 bits per heavy atom. The van der Waals surface area contributed by atoms with Gasteiger partial charge < -0.3 is 10.1 Å². The molecule has 2 aromatic heterocycles. The van der Waals surface area contributed by atoms with E-state index in [9.17, 15) is 9.50 Å². The molecule has 2 aromatic carbocycles. The highest BCUT2D eigenvalue weighted by Crippen LogP contribution is 2.33. The molecule has 0 spiro atoms. The number of H-pyrrole nitrogens is 2. The molecule has 1 aliphatic rings. The van der Waals surface area contributed by atoms with Crippen LogP contribution in [0.2, 0.25) is 0 Å². The van der Waals surface area contributed by atoms with E-state index in [1.54, 1.807) is 0 Å². The highest BCUT2D eigenvalue weighted by atomic mass is 19.1. The van der Waals surface area contributed by atoms with Crippen LogP contribution in [0.5, 0.6) is 5.75 Å². The molecule has 1 saturated heterocycles. The fourth-order valence-electron chi connectivity index (χ4n) is 4.45. The lowest BCUT2D eigenvalue weighted by molar-refractivity contribution is 0.219. The fraction of sp³-hybridized carbons (Fsp3) is 0.333. The number of nitrogens with one attached hydrogen (secondary N) is 2. The first-order valence-electron chi connectivity index (χ1n) is 10.9. The van der Waals surface area contributed by atoms with Crippen LogP contribution in [0.3, 0.4) is 0 Å². The summed E-state index contributed by atoms with van der Waals surface area (Å²) in [5.74, 6) is -0.186. The zero-order chi connectivity index (χ0) is 21.4. The van der Waals surface area contributed by atoms with Gasteiger partial charge in [0.1, 0.15) is 5.69 Å². The van der Waals surface area contributed by atoms with Crippen molar-refractivity contribution in [2.75, 3.05) is 13.1 Å². The number of aromatic hydroxyl groups is 1. The van der Waals surface area contributed by atoms with E-state index in [1.165, 1.54) is 31.4 Å². The number of nitrogens with zero attached hydrogens (tertiary/aromatic N) is 3. The van der Waals surface area contributed by atoms with Crippen LogP contribution in [-0.2, 0) is 13.0 Å². The number of phenolic OH excluding ortho intramolecular Hbond substituents is 1. The highest BCUT2D eigenvalue weighted by molar-refractivity contribution is 5.94. The first kappa shape index (κ1) is 19.8. The molecule has 0 aliphatic carbocycles. The number of aromatic amines is 2. The maximum absolute atomic E-state index is 14.0. The summed E-state index contributed by atoms with van der Waals surface area (Å²) in [6, 6.07) is 8.81. The summed E-state index contributed by atoms with van der Waals surface area (Å²) in [6.45, 7) is 5.15. The fourth-order valence-corrected chi connectivity index (χ4v) is 4.45. The minimum atomic E-state index is -0.616. The van der Waals surface area contributed by atoms with E-state index in [0.717, 1.165) is 64.4 Å². The van der Waals surface area contributed by atoms with E-state index < -0.39 is 5.82 Å². The van der Waals surface area contributed by atoms with Crippen LogP contribution in [0.25, 0.3) is 33.5 Å². The maximum atomic E-state index is 14.0. The van der Waals surface area contributed by atoms with Crippen molar-refractivity contribution in [3.05, 3.63) is 53.6 Å².